The van der Waals surface area contributed by atoms with Crippen LogP contribution in [0.1, 0.15) is 75.1 Å². The van der Waals surface area contributed by atoms with E-state index >= 15 is 0 Å². The van der Waals surface area contributed by atoms with Crippen molar-refractivity contribution in [3.05, 3.63) is 40.2 Å². The van der Waals surface area contributed by atoms with Crippen molar-refractivity contribution >= 4 is 38.1 Å². The van der Waals surface area contributed by atoms with Crippen LogP contribution in [0, 0.1) is 0 Å². The van der Waals surface area contributed by atoms with Crippen LogP contribution in [0.25, 0.3) is 10.9 Å². The summed E-state index contributed by atoms with van der Waals surface area (Å²) < 4.78 is 18.9. The average Bonchev–Trinajstić information content (AvgIpc) is 3.28. The van der Waals surface area contributed by atoms with Gasteiger partial charge in [0.1, 0.15) is 14.8 Å². The molecule has 0 fully saturated rings. The summed E-state index contributed by atoms with van der Waals surface area (Å²) in [5, 5.41) is 21.8. The van der Waals surface area contributed by atoms with E-state index in [2.05, 4.69) is 48.2 Å². The van der Waals surface area contributed by atoms with Crippen LogP contribution in [0.2, 0.25) is 0 Å². The standard InChI is InChI=1S/C22H31N5O3S2/c1-12(2)14-8-17-16(10-25-27(17)7)20(13(3)4)15(14)9-18(28)26-32(23,30)19-11-24-21(31-19)22(5,6)29/h8,10-13,29H,9H2,1-7H3,(H2,23,26,28,30)/t32-/m1/s1. The summed E-state index contributed by atoms with van der Waals surface area (Å²) in [7, 11) is -1.57. The lowest BCUT2D eigenvalue weighted by Gasteiger charge is -2.20. The summed E-state index contributed by atoms with van der Waals surface area (Å²) in [6.07, 6.45) is 3.14. The minimum Gasteiger partial charge on any atom is -0.383 e. The van der Waals surface area contributed by atoms with Crippen molar-refractivity contribution in [1.82, 2.24) is 14.8 Å². The molecule has 0 spiro atoms. The minimum absolute atomic E-state index is 0.00277. The van der Waals surface area contributed by atoms with Gasteiger partial charge in [0.15, 0.2) is 9.92 Å². The molecule has 3 aromatic rings. The SMILES string of the molecule is CC(C)c1cc2c(cnn2C)c(C(C)C)c1CC(=O)N=[S@@](N)(=O)c1cnc(C(C)(C)O)s1. The van der Waals surface area contributed by atoms with Gasteiger partial charge < -0.3 is 5.11 Å². The van der Waals surface area contributed by atoms with E-state index < -0.39 is 21.4 Å². The second-order valence-corrected chi connectivity index (χ2v) is 12.2. The van der Waals surface area contributed by atoms with Crippen LogP contribution in [-0.2, 0) is 33.8 Å². The Hall–Kier alpha value is -2.14. The maximum absolute atomic E-state index is 13.0. The molecule has 32 heavy (non-hydrogen) atoms. The van der Waals surface area contributed by atoms with Gasteiger partial charge in [-0.3, -0.25) is 9.48 Å². The molecule has 0 radical (unpaired) electrons. The summed E-state index contributed by atoms with van der Waals surface area (Å²) in [5.74, 6) is -0.225. The fourth-order valence-corrected chi connectivity index (χ4v) is 5.95. The largest absolute Gasteiger partial charge is 0.383 e. The molecule has 0 aliphatic carbocycles. The number of aliphatic hydroxyl groups is 1. The Balaban J connectivity index is 2.08. The highest BCUT2D eigenvalue weighted by molar-refractivity contribution is 7.93. The number of hydrogen-bond acceptors (Lipinski definition) is 6. The molecule has 0 aliphatic rings. The van der Waals surface area contributed by atoms with Gasteiger partial charge in [-0.05, 0) is 48.4 Å². The monoisotopic (exact) mass is 477 g/mol. The zero-order valence-corrected chi connectivity index (χ0v) is 21.2. The molecule has 0 bridgehead atoms. The van der Waals surface area contributed by atoms with Gasteiger partial charge in [0.2, 0.25) is 0 Å². The van der Waals surface area contributed by atoms with E-state index in [1.807, 2.05) is 17.9 Å². The highest BCUT2D eigenvalue weighted by Gasteiger charge is 2.25. The first kappa shape index (κ1) is 24.5. The molecule has 3 rings (SSSR count). The second-order valence-electron chi connectivity index (χ2n) is 9.14. The number of rotatable bonds is 6. The first-order valence-corrected chi connectivity index (χ1v) is 12.9. The third-order valence-electron chi connectivity index (χ3n) is 5.30. The molecule has 2 heterocycles. The average molecular weight is 478 g/mol. The fraction of sp³-hybridized carbons (Fsp3) is 0.500. The van der Waals surface area contributed by atoms with Gasteiger partial charge in [0.05, 0.1) is 24.3 Å². The van der Waals surface area contributed by atoms with Crippen molar-refractivity contribution in [2.75, 3.05) is 0 Å². The summed E-state index contributed by atoms with van der Waals surface area (Å²) >= 11 is 0.997. The number of benzene rings is 1. The molecule has 0 saturated heterocycles. The van der Waals surface area contributed by atoms with Crippen molar-refractivity contribution < 1.29 is 14.1 Å². The Morgan fingerprint density at radius 2 is 1.94 bits per heavy atom. The predicted molar refractivity (Wildman–Crippen MR) is 128 cm³/mol. The number of thiazole rings is 1. The molecule has 8 nitrogen and oxygen atoms in total. The zero-order valence-electron chi connectivity index (χ0n) is 19.5. The van der Waals surface area contributed by atoms with Crippen LogP contribution in [0.15, 0.2) is 27.0 Å². The van der Waals surface area contributed by atoms with Crippen LogP contribution >= 0.6 is 11.3 Å². The van der Waals surface area contributed by atoms with Crippen molar-refractivity contribution in [1.29, 1.82) is 0 Å². The highest BCUT2D eigenvalue weighted by atomic mass is 32.2. The van der Waals surface area contributed by atoms with E-state index in [1.165, 1.54) is 6.20 Å². The Labute approximate surface area is 193 Å². The Morgan fingerprint density at radius 3 is 2.47 bits per heavy atom. The van der Waals surface area contributed by atoms with Gasteiger partial charge in [0, 0.05) is 12.4 Å². The van der Waals surface area contributed by atoms with Gasteiger partial charge in [0.25, 0.3) is 5.91 Å². The third-order valence-corrected chi connectivity index (χ3v) is 8.53. The molecule has 0 saturated carbocycles. The quantitative estimate of drug-likeness (QED) is 0.556. The molecular formula is C22H31N5O3S2. The van der Waals surface area contributed by atoms with Gasteiger partial charge >= 0.3 is 0 Å². The van der Waals surface area contributed by atoms with Crippen LogP contribution in [-0.4, -0.2) is 30.0 Å². The second kappa shape index (κ2) is 8.66. The molecular weight excluding hydrogens is 446 g/mol. The van der Waals surface area contributed by atoms with E-state index in [1.54, 1.807) is 13.8 Å². The maximum atomic E-state index is 13.0. The number of hydrogen-bond donors (Lipinski definition) is 2. The number of fused-ring (bicyclic) bond motifs is 1. The van der Waals surface area contributed by atoms with Crippen molar-refractivity contribution in [3.63, 3.8) is 0 Å². The van der Waals surface area contributed by atoms with Gasteiger partial charge in [-0.15, -0.1) is 15.7 Å². The molecule has 2 aromatic heterocycles. The fourth-order valence-electron chi connectivity index (χ4n) is 3.81. The molecule has 1 atom stereocenters. The number of nitrogens with two attached hydrogens (primary N) is 1. The molecule has 1 amide bonds. The van der Waals surface area contributed by atoms with E-state index in [0.717, 1.165) is 38.9 Å². The zero-order chi connectivity index (χ0) is 24.0. The molecule has 3 N–H and O–H groups in total. The molecule has 174 valence electrons. The highest BCUT2D eigenvalue weighted by Crippen LogP contribution is 2.35. The summed E-state index contributed by atoms with van der Waals surface area (Å²) in [6.45, 7) is 11.5. The summed E-state index contributed by atoms with van der Waals surface area (Å²) in [5.41, 5.74) is 2.80. The summed E-state index contributed by atoms with van der Waals surface area (Å²) in [4.78, 5) is 17.1. The Bertz CT molecular complexity index is 1290. The smallest absolute Gasteiger partial charge is 0.259 e. The normalized spacial score (nSPS) is 14.3. The number of carbonyl (C=O) groups is 1. The lowest BCUT2D eigenvalue weighted by molar-refractivity contribution is -0.117. The van der Waals surface area contributed by atoms with E-state index in [-0.39, 0.29) is 22.5 Å². The number of nitrogens with zero attached hydrogens (tertiary/aromatic N) is 4. The van der Waals surface area contributed by atoms with Gasteiger partial charge in [-0.2, -0.15) is 5.10 Å². The maximum Gasteiger partial charge on any atom is 0.259 e. The van der Waals surface area contributed by atoms with Crippen LogP contribution in [0.5, 0.6) is 0 Å². The lowest BCUT2D eigenvalue weighted by atomic mass is 9.85. The first-order valence-electron chi connectivity index (χ1n) is 10.5. The van der Waals surface area contributed by atoms with E-state index in [4.69, 9.17) is 5.14 Å². The summed E-state index contributed by atoms with van der Waals surface area (Å²) in [6, 6.07) is 2.07. The molecule has 10 heteroatoms. The van der Waals surface area contributed by atoms with Gasteiger partial charge in [-0.1, -0.05) is 27.7 Å². The van der Waals surface area contributed by atoms with Crippen LogP contribution in [0.4, 0.5) is 0 Å². The molecule has 0 aliphatic heterocycles. The van der Waals surface area contributed by atoms with E-state index in [9.17, 15) is 14.1 Å². The van der Waals surface area contributed by atoms with Crippen LogP contribution < -0.4 is 5.14 Å². The topological polar surface area (TPSA) is 123 Å². The number of aromatic nitrogens is 3. The molecule has 1 aromatic carbocycles. The van der Waals surface area contributed by atoms with Gasteiger partial charge in [-0.25, -0.2) is 14.3 Å². The Kier molecular flexibility index (Phi) is 6.63. The first-order chi connectivity index (χ1) is 14.7. The van der Waals surface area contributed by atoms with Crippen LogP contribution in [0.3, 0.4) is 0 Å². The number of amides is 1. The lowest BCUT2D eigenvalue weighted by Crippen LogP contribution is -2.16. The van der Waals surface area contributed by atoms with E-state index in [0.29, 0.717) is 5.01 Å². The van der Waals surface area contributed by atoms with Crippen molar-refractivity contribution in [3.8, 4) is 0 Å². The predicted octanol–water partition coefficient (Wildman–Crippen LogP) is 3.97. The van der Waals surface area contributed by atoms with Crippen molar-refractivity contribution in [2.24, 2.45) is 16.5 Å². The molecule has 0 unspecified atom stereocenters. The van der Waals surface area contributed by atoms with Crippen molar-refractivity contribution in [2.45, 2.75) is 69.6 Å². The number of aryl methyl sites for hydroxylation is 1. The minimum atomic E-state index is -3.47. The Morgan fingerprint density at radius 1 is 1.28 bits per heavy atom. The number of carbonyl (C=O) groups excluding carboxylic acids is 1. The third kappa shape index (κ3) is 4.78.